The first-order valence-electron chi connectivity index (χ1n) is 6.17. The molecule has 18 heavy (non-hydrogen) atoms. The standard InChI is InChI=1S/C14H22ClNOS/c1-10(2)8-18-9-13(16-3)11-5-6-12(15)14(7-11)17-4/h5-7,10,13,16H,8-9H2,1-4H3. The molecule has 0 fully saturated rings. The minimum Gasteiger partial charge on any atom is -0.495 e. The summed E-state index contributed by atoms with van der Waals surface area (Å²) in [7, 11) is 3.63. The number of ether oxygens (including phenoxy) is 1. The molecular formula is C14H22ClNOS. The van der Waals surface area contributed by atoms with E-state index >= 15 is 0 Å². The lowest BCUT2D eigenvalue weighted by Crippen LogP contribution is -2.19. The topological polar surface area (TPSA) is 21.3 Å². The van der Waals surface area contributed by atoms with Gasteiger partial charge in [-0.2, -0.15) is 11.8 Å². The highest BCUT2D eigenvalue weighted by Crippen LogP contribution is 2.29. The molecule has 0 aromatic heterocycles. The number of hydrogen-bond donors (Lipinski definition) is 1. The van der Waals surface area contributed by atoms with Gasteiger partial charge in [0.1, 0.15) is 5.75 Å². The van der Waals surface area contributed by atoms with E-state index in [4.69, 9.17) is 16.3 Å². The molecule has 1 aromatic carbocycles. The van der Waals surface area contributed by atoms with Gasteiger partial charge in [-0.3, -0.25) is 0 Å². The summed E-state index contributed by atoms with van der Waals surface area (Å²) in [6.07, 6.45) is 0. The molecule has 0 saturated carbocycles. The smallest absolute Gasteiger partial charge is 0.137 e. The predicted molar refractivity (Wildman–Crippen MR) is 82.0 cm³/mol. The molecule has 4 heteroatoms. The van der Waals surface area contributed by atoms with Crippen molar-refractivity contribution < 1.29 is 4.74 Å². The molecule has 0 spiro atoms. The number of thioether (sulfide) groups is 1. The Kier molecular flexibility index (Phi) is 6.90. The minimum atomic E-state index is 0.333. The van der Waals surface area contributed by atoms with Crippen LogP contribution in [0, 0.1) is 5.92 Å². The van der Waals surface area contributed by atoms with Gasteiger partial charge in [0.2, 0.25) is 0 Å². The van der Waals surface area contributed by atoms with Crippen LogP contribution >= 0.6 is 23.4 Å². The molecule has 0 aliphatic carbocycles. The predicted octanol–water partition coefficient (Wildman–Crippen LogP) is 4.00. The van der Waals surface area contributed by atoms with Gasteiger partial charge >= 0.3 is 0 Å². The van der Waals surface area contributed by atoms with E-state index in [1.165, 1.54) is 11.3 Å². The summed E-state index contributed by atoms with van der Waals surface area (Å²) in [6.45, 7) is 4.49. The molecule has 0 amide bonds. The van der Waals surface area contributed by atoms with Crippen molar-refractivity contribution >= 4 is 23.4 Å². The maximum atomic E-state index is 6.04. The summed E-state index contributed by atoms with van der Waals surface area (Å²) < 4.78 is 5.26. The van der Waals surface area contributed by atoms with E-state index < -0.39 is 0 Å². The van der Waals surface area contributed by atoms with Crippen molar-refractivity contribution in [2.45, 2.75) is 19.9 Å². The maximum Gasteiger partial charge on any atom is 0.137 e. The average molecular weight is 288 g/mol. The number of halogens is 1. The second kappa shape index (κ2) is 7.93. The molecule has 0 aliphatic heterocycles. The van der Waals surface area contributed by atoms with Crippen LogP contribution in [-0.2, 0) is 0 Å². The Bertz CT molecular complexity index is 371. The molecule has 1 N–H and O–H groups in total. The van der Waals surface area contributed by atoms with Gasteiger partial charge in [0.25, 0.3) is 0 Å². The summed E-state index contributed by atoms with van der Waals surface area (Å²) in [4.78, 5) is 0. The quantitative estimate of drug-likeness (QED) is 0.819. The van der Waals surface area contributed by atoms with Gasteiger partial charge < -0.3 is 10.1 Å². The second-order valence-corrected chi connectivity index (χ2v) is 6.15. The van der Waals surface area contributed by atoms with Gasteiger partial charge in [-0.15, -0.1) is 0 Å². The van der Waals surface area contributed by atoms with Crippen LogP contribution in [0.2, 0.25) is 5.02 Å². The average Bonchev–Trinajstić information content (AvgIpc) is 2.35. The molecular weight excluding hydrogens is 266 g/mol. The van der Waals surface area contributed by atoms with Crippen molar-refractivity contribution in [1.82, 2.24) is 5.32 Å². The summed E-state index contributed by atoms with van der Waals surface area (Å²) in [5.41, 5.74) is 1.22. The zero-order chi connectivity index (χ0) is 13.5. The molecule has 0 radical (unpaired) electrons. The van der Waals surface area contributed by atoms with Crippen LogP contribution in [0.1, 0.15) is 25.5 Å². The van der Waals surface area contributed by atoms with Gasteiger partial charge in [0.15, 0.2) is 0 Å². The van der Waals surface area contributed by atoms with E-state index in [-0.39, 0.29) is 0 Å². The van der Waals surface area contributed by atoms with Crippen molar-refractivity contribution in [3.8, 4) is 5.75 Å². The normalized spacial score (nSPS) is 12.8. The SMILES string of the molecule is CNC(CSCC(C)C)c1ccc(Cl)c(OC)c1. The van der Waals surface area contributed by atoms with Crippen molar-refractivity contribution in [3.05, 3.63) is 28.8 Å². The van der Waals surface area contributed by atoms with Crippen LogP contribution < -0.4 is 10.1 Å². The Morgan fingerprint density at radius 1 is 1.33 bits per heavy atom. The van der Waals surface area contributed by atoms with Crippen LogP contribution in [-0.4, -0.2) is 25.7 Å². The lowest BCUT2D eigenvalue weighted by molar-refractivity contribution is 0.414. The lowest BCUT2D eigenvalue weighted by atomic mass is 10.1. The monoisotopic (exact) mass is 287 g/mol. The molecule has 1 aromatic rings. The molecule has 1 atom stereocenters. The fourth-order valence-corrected chi connectivity index (χ4v) is 3.06. The Balaban J connectivity index is 2.69. The Labute approximate surface area is 119 Å². The largest absolute Gasteiger partial charge is 0.495 e. The van der Waals surface area contributed by atoms with E-state index in [2.05, 4.69) is 25.2 Å². The number of nitrogens with one attached hydrogen (secondary N) is 1. The van der Waals surface area contributed by atoms with Crippen molar-refractivity contribution in [2.24, 2.45) is 5.92 Å². The fourth-order valence-electron chi connectivity index (χ4n) is 1.66. The molecule has 2 nitrogen and oxygen atoms in total. The van der Waals surface area contributed by atoms with E-state index in [0.29, 0.717) is 11.1 Å². The zero-order valence-corrected chi connectivity index (χ0v) is 13.1. The third-order valence-electron chi connectivity index (χ3n) is 2.66. The van der Waals surface area contributed by atoms with Crippen molar-refractivity contribution in [2.75, 3.05) is 25.7 Å². The molecule has 102 valence electrons. The number of methoxy groups -OCH3 is 1. The first-order chi connectivity index (χ1) is 8.58. The van der Waals surface area contributed by atoms with Crippen LogP contribution in [0.5, 0.6) is 5.75 Å². The Hall–Kier alpha value is -0.380. The van der Waals surface area contributed by atoms with E-state index in [0.717, 1.165) is 17.4 Å². The van der Waals surface area contributed by atoms with Crippen LogP contribution in [0.3, 0.4) is 0 Å². The molecule has 0 saturated heterocycles. The highest BCUT2D eigenvalue weighted by molar-refractivity contribution is 7.99. The highest BCUT2D eigenvalue weighted by atomic mass is 35.5. The van der Waals surface area contributed by atoms with Crippen LogP contribution in [0.4, 0.5) is 0 Å². The van der Waals surface area contributed by atoms with Crippen LogP contribution in [0.25, 0.3) is 0 Å². The fraction of sp³-hybridized carbons (Fsp3) is 0.571. The third-order valence-corrected chi connectivity index (χ3v) is 4.45. The van der Waals surface area contributed by atoms with Gasteiger partial charge in [-0.25, -0.2) is 0 Å². The summed E-state index contributed by atoms with van der Waals surface area (Å²) >= 11 is 8.01. The first kappa shape index (κ1) is 15.7. The molecule has 1 rings (SSSR count). The minimum absolute atomic E-state index is 0.333. The van der Waals surface area contributed by atoms with Crippen molar-refractivity contribution in [3.63, 3.8) is 0 Å². The summed E-state index contributed by atoms with van der Waals surface area (Å²) in [6, 6.07) is 6.30. The van der Waals surface area contributed by atoms with Gasteiger partial charge in [-0.1, -0.05) is 31.5 Å². The van der Waals surface area contributed by atoms with Gasteiger partial charge in [-0.05, 0) is 36.4 Å². The van der Waals surface area contributed by atoms with E-state index in [1.807, 2.05) is 30.9 Å². The zero-order valence-electron chi connectivity index (χ0n) is 11.5. The molecule has 0 heterocycles. The molecule has 0 bridgehead atoms. The number of rotatable bonds is 7. The maximum absolute atomic E-state index is 6.04. The van der Waals surface area contributed by atoms with Crippen molar-refractivity contribution in [1.29, 1.82) is 0 Å². The van der Waals surface area contributed by atoms with Crippen LogP contribution in [0.15, 0.2) is 18.2 Å². The highest BCUT2D eigenvalue weighted by Gasteiger charge is 2.12. The lowest BCUT2D eigenvalue weighted by Gasteiger charge is -2.18. The molecule has 0 aliphatic rings. The summed E-state index contributed by atoms with van der Waals surface area (Å²) in [5, 5.41) is 4.00. The number of benzene rings is 1. The number of hydrogen-bond acceptors (Lipinski definition) is 3. The Morgan fingerprint density at radius 2 is 2.06 bits per heavy atom. The van der Waals surface area contributed by atoms with E-state index in [9.17, 15) is 0 Å². The summed E-state index contributed by atoms with van der Waals surface area (Å²) in [5.74, 6) is 3.71. The van der Waals surface area contributed by atoms with Gasteiger partial charge in [0, 0.05) is 11.8 Å². The second-order valence-electron chi connectivity index (χ2n) is 4.67. The third kappa shape index (κ3) is 4.71. The first-order valence-corrected chi connectivity index (χ1v) is 7.70. The van der Waals surface area contributed by atoms with E-state index in [1.54, 1.807) is 7.11 Å². The van der Waals surface area contributed by atoms with Gasteiger partial charge in [0.05, 0.1) is 12.1 Å². The molecule has 1 unspecified atom stereocenters. The Morgan fingerprint density at radius 3 is 2.61 bits per heavy atom.